The maximum Gasteiger partial charge on any atom is 0.524 e. The normalized spacial score (nSPS) is 19.6. The summed E-state index contributed by atoms with van der Waals surface area (Å²) < 4.78 is 22.1. The van der Waals surface area contributed by atoms with Crippen LogP contribution in [0, 0.1) is 0 Å². The van der Waals surface area contributed by atoms with E-state index in [0.29, 0.717) is 17.9 Å². The second-order valence-corrected chi connectivity index (χ2v) is 13.3. The van der Waals surface area contributed by atoms with Gasteiger partial charge in [-0.2, -0.15) is 0 Å². The van der Waals surface area contributed by atoms with Crippen LogP contribution in [-0.4, -0.2) is 99.5 Å². The van der Waals surface area contributed by atoms with E-state index < -0.39 is 26.1 Å². The Morgan fingerprint density at radius 1 is 1.06 bits per heavy atom. The summed E-state index contributed by atoms with van der Waals surface area (Å²) in [6.07, 6.45) is 0.857. The fourth-order valence-corrected chi connectivity index (χ4v) is 6.92. The molecule has 258 valence electrons. The fourth-order valence-electron chi connectivity index (χ4n) is 6.52. The number of benzene rings is 3. The van der Waals surface area contributed by atoms with Gasteiger partial charge in [0.15, 0.2) is 0 Å². The third-order valence-electron chi connectivity index (χ3n) is 8.76. The number of rotatable bonds is 10. The first-order valence-corrected chi connectivity index (χ1v) is 17.4. The van der Waals surface area contributed by atoms with Crippen molar-refractivity contribution in [2.45, 2.75) is 31.7 Å². The fraction of sp³-hybridized carbons (Fsp3) is 0.324. The second kappa shape index (κ2) is 14.3. The van der Waals surface area contributed by atoms with Crippen LogP contribution in [0.3, 0.4) is 0 Å². The highest BCUT2D eigenvalue weighted by Gasteiger charge is 2.51. The first kappa shape index (κ1) is 34.0. The molecule has 2 saturated heterocycles. The number of carbonyl (C=O) groups is 3. The van der Waals surface area contributed by atoms with Crippen molar-refractivity contribution in [3.63, 3.8) is 0 Å². The minimum atomic E-state index is -4.77. The molecular formula is C34H39N6O8P. The van der Waals surface area contributed by atoms with Crippen LogP contribution in [0.25, 0.3) is 0 Å². The molecular weight excluding hydrogens is 651 g/mol. The predicted octanol–water partition coefficient (Wildman–Crippen LogP) is 2.72. The summed E-state index contributed by atoms with van der Waals surface area (Å²) in [7, 11) is -2.78. The molecule has 0 aromatic heterocycles. The van der Waals surface area contributed by atoms with E-state index in [1.165, 1.54) is 22.0 Å². The van der Waals surface area contributed by atoms with Crippen molar-refractivity contribution in [3.8, 4) is 11.5 Å². The number of piperazine rings is 1. The highest BCUT2D eigenvalue weighted by atomic mass is 31.2. The molecule has 3 aliphatic heterocycles. The first-order chi connectivity index (χ1) is 23.5. The van der Waals surface area contributed by atoms with Crippen LogP contribution in [0.15, 0.2) is 85.5 Å². The Hall–Kier alpha value is -4.88. The van der Waals surface area contributed by atoms with Crippen molar-refractivity contribution in [1.29, 1.82) is 0 Å². The number of anilines is 1. The molecule has 2 fully saturated rings. The van der Waals surface area contributed by atoms with E-state index in [1.807, 2.05) is 55.6 Å². The summed E-state index contributed by atoms with van der Waals surface area (Å²) in [6.45, 7) is 5.62. The monoisotopic (exact) mass is 690 g/mol. The van der Waals surface area contributed by atoms with Gasteiger partial charge in [0.1, 0.15) is 30.3 Å². The van der Waals surface area contributed by atoms with Gasteiger partial charge in [-0.15, -0.1) is 6.58 Å². The molecule has 15 heteroatoms. The lowest BCUT2D eigenvalue weighted by atomic mass is 9.98. The molecule has 0 saturated carbocycles. The minimum Gasteiger partial charge on any atom is -0.489 e. The maximum absolute atomic E-state index is 14.4. The molecule has 3 heterocycles. The van der Waals surface area contributed by atoms with E-state index in [0.717, 1.165) is 23.4 Å². The second-order valence-electron chi connectivity index (χ2n) is 12.1. The first-order valence-electron chi connectivity index (χ1n) is 15.9. The van der Waals surface area contributed by atoms with Crippen molar-refractivity contribution in [2.75, 3.05) is 44.7 Å². The van der Waals surface area contributed by atoms with Crippen LogP contribution in [0.2, 0.25) is 0 Å². The SMILES string of the molecule is C=CCN1CC(=O)N2[C@H](Cc3ccc(OP(=O)(O)O)cc3)C(=O)N(Cc3cccc4c3OCCN4C)C[C@@H]2N1C(=O)NCc1ccccc1. The van der Waals surface area contributed by atoms with Crippen LogP contribution >= 0.6 is 7.82 Å². The van der Waals surface area contributed by atoms with Gasteiger partial charge in [0.05, 0.1) is 25.3 Å². The third-order valence-corrected chi connectivity index (χ3v) is 9.21. The van der Waals surface area contributed by atoms with Crippen LogP contribution in [-0.2, 0) is 33.7 Å². The summed E-state index contributed by atoms with van der Waals surface area (Å²) in [5.74, 6) is 0.0269. The Bertz CT molecular complexity index is 1750. The number of nitrogens with one attached hydrogen (secondary N) is 1. The van der Waals surface area contributed by atoms with Gasteiger partial charge in [0.2, 0.25) is 11.8 Å². The lowest BCUT2D eigenvalue weighted by molar-refractivity contribution is -0.189. The Balaban J connectivity index is 1.35. The average molecular weight is 691 g/mol. The summed E-state index contributed by atoms with van der Waals surface area (Å²) >= 11 is 0. The molecule has 14 nitrogen and oxygen atoms in total. The third kappa shape index (κ3) is 7.57. The van der Waals surface area contributed by atoms with E-state index in [-0.39, 0.29) is 56.7 Å². The van der Waals surface area contributed by atoms with Crippen molar-refractivity contribution in [1.82, 2.24) is 25.1 Å². The van der Waals surface area contributed by atoms with Crippen molar-refractivity contribution in [3.05, 3.63) is 102 Å². The lowest BCUT2D eigenvalue weighted by Gasteiger charge is -2.55. The molecule has 0 aliphatic carbocycles. The van der Waals surface area contributed by atoms with E-state index in [1.54, 1.807) is 28.1 Å². The molecule has 4 amide bonds. The van der Waals surface area contributed by atoms with Crippen LogP contribution in [0.5, 0.6) is 11.5 Å². The predicted molar refractivity (Wildman–Crippen MR) is 180 cm³/mol. The van der Waals surface area contributed by atoms with Crippen molar-refractivity contribution >= 4 is 31.4 Å². The number of hydrogen-bond donors (Lipinski definition) is 3. The number of phosphoric acid groups is 1. The molecule has 0 spiro atoms. The summed E-state index contributed by atoms with van der Waals surface area (Å²) in [5.41, 5.74) is 3.24. The average Bonchev–Trinajstić information content (AvgIpc) is 3.07. The molecule has 49 heavy (non-hydrogen) atoms. The van der Waals surface area contributed by atoms with E-state index >= 15 is 0 Å². The van der Waals surface area contributed by atoms with Crippen LogP contribution in [0.4, 0.5) is 10.5 Å². The smallest absolute Gasteiger partial charge is 0.489 e. The molecule has 3 aliphatic rings. The topological polar surface area (TPSA) is 155 Å². The van der Waals surface area contributed by atoms with Gasteiger partial charge in [0, 0.05) is 38.7 Å². The summed E-state index contributed by atoms with van der Waals surface area (Å²) in [5, 5.41) is 6.13. The molecule has 0 radical (unpaired) electrons. The number of hydrazine groups is 1. The molecule has 3 aromatic rings. The number of hydrogen-bond acceptors (Lipinski definition) is 8. The number of fused-ring (bicyclic) bond motifs is 2. The van der Waals surface area contributed by atoms with Gasteiger partial charge in [-0.3, -0.25) is 19.4 Å². The van der Waals surface area contributed by atoms with E-state index in [2.05, 4.69) is 21.3 Å². The zero-order valence-electron chi connectivity index (χ0n) is 27.1. The number of nitrogens with zero attached hydrogens (tertiary/aromatic N) is 5. The van der Waals surface area contributed by atoms with Gasteiger partial charge in [0.25, 0.3) is 0 Å². The van der Waals surface area contributed by atoms with Gasteiger partial charge in [-0.1, -0.05) is 60.7 Å². The molecule has 2 atom stereocenters. The number of phosphoric ester groups is 1. The Morgan fingerprint density at radius 2 is 1.82 bits per heavy atom. The van der Waals surface area contributed by atoms with Crippen LogP contribution in [0.1, 0.15) is 16.7 Å². The number of ether oxygens (including phenoxy) is 1. The van der Waals surface area contributed by atoms with E-state index in [4.69, 9.17) is 4.74 Å². The Kier molecular flexibility index (Phi) is 9.93. The van der Waals surface area contributed by atoms with Gasteiger partial charge in [-0.25, -0.2) is 19.4 Å². The molecule has 0 unspecified atom stereocenters. The molecule has 3 N–H and O–H groups in total. The highest BCUT2D eigenvalue weighted by molar-refractivity contribution is 7.46. The minimum absolute atomic E-state index is 0.0410. The van der Waals surface area contributed by atoms with Gasteiger partial charge >= 0.3 is 13.9 Å². The Morgan fingerprint density at radius 3 is 2.53 bits per heavy atom. The number of para-hydroxylation sites is 1. The number of amides is 4. The molecule has 0 bridgehead atoms. The van der Waals surface area contributed by atoms with E-state index in [9.17, 15) is 28.7 Å². The zero-order chi connectivity index (χ0) is 34.7. The maximum atomic E-state index is 14.4. The molecule has 6 rings (SSSR count). The van der Waals surface area contributed by atoms with Crippen LogP contribution < -0.4 is 19.5 Å². The summed E-state index contributed by atoms with van der Waals surface area (Å²) in [4.78, 5) is 66.0. The van der Waals surface area contributed by atoms with Crippen molar-refractivity contribution in [2.24, 2.45) is 0 Å². The van der Waals surface area contributed by atoms with Gasteiger partial charge < -0.3 is 29.3 Å². The number of likely N-dealkylation sites (N-methyl/N-ethyl adjacent to an activating group) is 1. The number of urea groups is 1. The largest absolute Gasteiger partial charge is 0.524 e. The highest BCUT2D eigenvalue weighted by Crippen LogP contribution is 2.38. The number of carbonyl (C=O) groups excluding carboxylic acids is 3. The van der Waals surface area contributed by atoms with Crippen molar-refractivity contribution < 1.29 is 38.0 Å². The lowest BCUT2D eigenvalue weighted by Crippen LogP contribution is -2.76. The van der Waals surface area contributed by atoms with Gasteiger partial charge in [-0.05, 0) is 29.3 Å². The quantitative estimate of drug-likeness (QED) is 0.214. The standard InChI is InChI=1S/C34H39N6O8P/c1-3-16-38-23-31(41)39-29(19-24-12-14-27(15-13-24)48-49(44,45)46)33(42)37(21-26-10-7-11-28-32(26)47-18-17-36(28)2)22-30(39)40(38)34(43)35-20-25-8-5-4-6-9-25/h3-15,29-30H,1,16-23H2,2H3,(H,35,43)(H2,44,45,46)/t29-,30+/m1/s1. The zero-order valence-corrected chi connectivity index (χ0v) is 27.9. The summed E-state index contributed by atoms with van der Waals surface area (Å²) in [6, 6.07) is 19.8. The molecule has 3 aromatic carbocycles. The Labute approximate surface area is 284 Å².